The van der Waals surface area contributed by atoms with Gasteiger partial charge in [0.25, 0.3) is 0 Å². The molecule has 3 N–H and O–H groups in total. The van der Waals surface area contributed by atoms with E-state index in [2.05, 4.69) is 20.9 Å². The Morgan fingerprint density at radius 1 is 1.16 bits per heavy atom. The lowest BCUT2D eigenvalue weighted by Crippen LogP contribution is -2.47. The van der Waals surface area contributed by atoms with Gasteiger partial charge in [-0.2, -0.15) is 0 Å². The molecule has 0 radical (unpaired) electrons. The number of carbonyl (C=O) groups excluding carboxylic acids is 2. The van der Waals surface area contributed by atoms with Crippen LogP contribution in [0.4, 0.5) is 10.1 Å². The first kappa shape index (κ1) is 16.6. The fourth-order valence-electron chi connectivity index (χ4n) is 2.38. The van der Waals surface area contributed by atoms with E-state index in [9.17, 15) is 14.0 Å². The van der Waals surface area contributed by atoms with Crippen LogP contribution in [-0.2, 0) is 16.1 Å². The monoisotopic (exact) mass is 340 g/mol. The van der Waals surface area contributed by atoms with Crippen molar-refractivity contribution in [3.8, 4) is 0 Å². The smallest absolute Gasteiger partial charge is 0.245 e. The van der Waals surface area contributed by atoms with E-state index < -0.39 is 6.04 Å². The van der Waals surface area contributed by atoms with Gasteiger partial charge in [-0.1, -0.05) is 30.3 Å². The highest BCUT2D eigenvalue weighted by atomic mass is 19.1. The van der Waals surface area contributed by atoms with Gasteiger partial charge in [0.1, 0.15) is 11.9 Å². The maximum absolute atomic E-state index is 12.9. The van der Waals surface area contributed by atoms with E-state index in [1.165, 1.54) is 24.3 Å². The quantitative estimate of drug-likeness (QED) is 0.794. The number of nitrogens with one attached hydrogen (secondary N) is 3. The molecule has 2 aromatic carbocycles. The third-order valence-corrected chi connectivity index (χ3v) is 3.64. The van der Waals surface area contributed by atoms with Gasteiger partial charge in [-0.15, -0.1) is 0 Å². The van der Waals surface area contributed by atoms with Crippen LogP contribution in [0.3, 0.4) is 0 Å². The summed E-state index contributed by atoms with van der Waals surface area (Å²) in [6, 6.07) is 14.3. The van der Waals surface area contributed by atoms with Crippen molar-refractivity contribution in [2.45, 2.75) is 19.0 Å². The van der Waals surface area contributed by atoms with Crippen molar-refractivity contribution in [2.75, 3.05) is 5.32 Å². The van der Waals surface area contributed by atoms with Crippen molar-refractivity contribution in [3.63, 3.8) is 0 Å². The van der Waals surface area contributed by atoms with Crippen LogP contribution in [0, 0.1) is 5.82 Å². The molecule has 0 aromatic heterocycles. The summed E-state index contributed by atoms with van der Waals surface area (Å²) in [6.45, 7) is 0.369. The minimum atomic E-state index is -0.805. The van der Waals surface area contributed by atoms with Gasteiger partial charge in [0.05, 0.1) is 6.42 Å². The lowest BCUT2D eigenvalue weighted by molar-refractivity contribution is -0.127. The molecule has 1 aliphatic rings. The number of carbonyl (C=O) groups is 2. The maximum atomic E-state index is 12.9. The van der Waals surface area contributed by atoms with E-state index in [1.807, 2.05) is 30.3 Å². The van der Waals surface area contributed by atoms with Gasteiger partial charge in [0.15, 0.2) is 0 Å². The molecule has 25 heavy (non-hydrogen) atoms. The summed E-state index contributed by atoms with van der Waals surface area (Å²) >= 11 is 0. The first-order valence-corrected chi connectivity index (χ1v) is 7.82. The minimum absolute atomic E-state index is 0.0186. The third kappa shape index (κ3) is 4.63. The van der Waals surface area contributed by atoms with Gasteiger partial charge in [0.2, 0.25) is 17.8 Å². The molecule has 0 saturated carbocycles. The third-order valence-electron chi connectivity index (χ3n) is 3.64. The van der Waals surface area contributed by atoms with Crippen LogP contribution in [-0.4, -0.2) is 23.8 Å². The number of hydrogen-bond acceptors (Lipinski definition) is 4. The molecule has 128 valence electrons. The van der Waals surface area contributed by atoms with Gasteiger partial charge < -0.3 is 10.6 Å². The summed E-state index contributed by atoms with van der Waals surface area (Å²) in [4.78, 5) is 28.3. The molecule has 0 fully saturated rings. The van der Waals surface area contributed by atoms with E-state index in [4.69, 9.17) is 0 Å². The number of benzene rings is 2. The van der Waals surface area contributed by atoms with Crippen LogP contribution in [0.25, 0.3) is 0 Å². The van der Waals surface area contributed by atoms with Gasteiger partial charge in [-0.3, -0.25) is 14.9 Å². The molecule has 6 nitrogen and oxygen atoms in total. The molecule has 2 aromatic rings. The van der Waals surface area contributed by atoms with Gasteiger partial charge >= 0.3 is 0 Å². The van der Waals surface area contributed by atoms with Crippen molar-refractivity contribution in [2.24, 2.45) is 4.99 Å². The first-order valence-electron chi connectivity index (χ1n) is 7.82. The molecular weight excluding hydrogens is 323 g/mol. The molecule has 1 atom stereocenters. The highest BCUT2D eigenvalue weighted by molar-refractivity contribution is 6.08. The first-order chi connectivity index (χ1) is 12.1. The molecular formula is C18H17FN4O2. The molecule has 1 heterocycles. The maximum Gasteiger partial charge on any atom is 0.245 e. The van der Waals surface area contributed by atoms with Crippen molar-refractivity contribution in [1.82, 2.24) is 10.6 Å². The Morgan fingerprint density at radius 2 is 1.88 bits per heavy atom. The highest BCUT2D eigenvalue weighted by Gasteiger charge is 2.26. The number of guanidine groups is 1. The lowest BCUT2D eigenvalue weighted by Gasteiger charge is -2.21. The van der Waals surface area contributed by atoms with Crippen LogP contribution in [0.15, 0.2) is 59.6 Å². The molecule has 1 unspecified atom stereocenters. The van der Waals surface area contributed by atoms with Crippen LogP contribution in [0.2, 0.25) is 0 Å². The van der Waals surface area contributed by atoms with Crippen molar-refractivity contribution >= 4 is 23.5 Å². The molecule has 0 bridgehead atoms. The summed E-state index contributed by atoms with van der Waals surface area (Å²) in [5.74, 6) is -0.822. The SMILES string of the molecule is O=C1CC(C(=O)NCc2ccccc2)N=C(Nc2ccc(F)cc2)N1. The normalized spacial score (nSPS) is 16.6. The number of aliphatic imine (C=N–C) groups is 1. The molecule has 7 heteroatoms. The van der Waals surface area contributed by atoms with Crippen LogP contribution in [0.1, 0.15) is 12.0 Å². The average Bonchev–Trinajstić information content (AvgIpc) is 2.62. The van der Waals surface area contributed by atoms with Crippen molar-refractivity contribution < 1.29 is 14.0 Å². The topological polar surface area (TPSA) is 82.6 Å². The van der Waals surface area contributed by atoms with Gasteiger partial charge in [-0.05, 0) is 29.8 Å². The Bertz CT molecular complexity index is 790. The fraction of sp³-hybridized carbons (Fsp3) is 0.167. The average molecular weight is 340 g/mol. The summed E-state index contributed by atoms with van der Waals surface area (Å²) < 4.78 is 12.9. The second-order valence-electron chi connectivity index (χ2n) is 5.58. The summed E-state index contributed by atoms with van der Waals surface area (Å²) in [5.41, 5.74) is 1.52. The molecule has 2 amide bonds. The summed E-state index contributed by atoms with van der Waals surface area (Å²) in [6.07, 6.45) is -0.0186. The second kappa shape index (κ2) is 7.57. The Hall–Kier alpha value is -3.22. The fourth-order valence-corrected chi connectivity index (χ4v) is 2.38. The van der Waals surface area contributed by atoms with Gasteiger partial charge in [0, 0.05) is 12.2 Å². The largest absolute Gasteiger partial charge is 0.350 e. The molecule has 3 rings (SSSR count). The van der Waals surface area contributed by atoms with E-state index >= 15 is 0 Å². The Kier molecular flexibility index (Phi) is 5.03. The zero-order valence-corrected chi connectivity index (χ0v) is 13.3. The second-order valence-corrected chi connectivity index (χ2v) is 5.58. The van der Waals surface area contributed by atoms with Crippen LogP contribution >= 0.6 is 0 Å². The zero-order valence-electron chi connectivity index (χ0n) is 13.3. The highest BCUT2D eigenvalue weighted by Crippen LogP contribution is 2.11. The number of halogens is 1. The number of amides is 2. The Labute approximate surface area is 144 Å². The number of nitrogens with zero attached hydrogens (tertiary/aromatic N) is 1. The van der Waals surface area contributed by atoms with E-state index in [0.717, 1.165) is 5.56 Å². The summed E-state index contributed by atoms with van der Waals surface area (Å²) in [5, 5.41) is 8.21. The number of hydrogen-bond donors (Lipinski definition) is 3. The minimum Gasteiger partial charge on any atom is -0.350 e. The lowest BCUT2D eigenvalue weighted by atomic mass is 10.1. The molecule has 1 aliphatic heterocycles. The van der Waals surface area contributed by atoms with E-state index in [-0.39, 0.29) is 30.0 Å². The number of anilines is 1. The van der Waals surface area contributed by atoms with Crippen LogP contribution < -0.4 is 16.0 Å². The molecule has 0 spiro atoms. The standard InChI is InChI=1S/C18H17FN4O2/c19-13-6-8-14(9-7-13)21-18-22-15(10-16(24)23-18)17(25)20-11-12-4-2-1-3-5-12/h1-9,15H,10-11H2,(H,20,25)(H2,21,22,23,24). The molecule has 0 saturated heterocycles. The molecule has 0 aliphatic carbocycles. The van der Waals surface area contributed by atoms with Crippen molar-refractivity contribution in [1.29, 1.82) is 0 Å². The van der Waals surface area contributed by atoms with Crippen molar-refractivity contribution in [3.05, 3.63) is 66.0 Å². The predicted molar refractivity (Wildman–Crippen MR) is 92.3 cm³/mol. The van der Waals surface area contributed by atoms with E-state index in [1.54, 1.807) is 0 Å². The van der Waals surface area contributed by atoms with Gasteiger partial charge in [-0.25, -0.2) is 9.38 Å². The van der Waals surface area contributed by atoms with E-state index in [0.29, 0.717) is 12.2 Å². The predicted octanol–water partition coefficient (Wildman–Crippen LogP) is 1.80. The van der Waals surface area contributed by atoms with Crippen LogP contribution in [0.5, 0.6) is 0 Å². The summed E-state index contributed by atoms with van der Waals surface area (Å²) in [7, 11) is 0. The zero-order chi connectivity index (χ0) is 17.6. The Morgan fingerprint density at radius 3 is 2.60 bits per heavy atom. The Balaban J connectivity index is 1.64. The number of rotatable bonds is 4.